The number of carbonyl (C=O) groups is 1. The summed E-state index contributed by atoms with van der Waals surface area (Å²) in [7, 11) is -2.09. The van der Waals surface area contributed by atoms with Gasteiger partial charge >= 0.3 is 0 Å². The van der Waals surface area contributed by atoms with Crippen molar-refractivity contribution in [1.29, 1.82) is 0 Å². The van der Waals surface area contributed by atoms with Gasteiger partial charge in [-0.15, -0.1) is 0 Å². The summed E-state index contributed by atoms with van der Waals surface area (Å²) in [6.45, 7) is 1.91. The average molecular weight is 460 g/mol. The minimum Gasteiger partial charge on any atom is -0.335 e. The van der Waals surface area contributed by atoms with Gasteiger partial charge in [0.15, 0.2) is 0 Å². The molecule has 3 aromatic rings. The van der Waals surface area contributed by atoms with Gasteiger partial charge in [0.2, 0.25) is 10.0 Å². The number of amides is 1. The molecule has 1 aliphatic rings. The van der Waals surface area contributed by atoms with Crippen LogP contribution >= 0.6 is 11.6 Å². The summed E-state index contributed by atoms with van der Waals surface area (Å²) in [6.07, 6.45) is 4.69. The Kier molecular flexibility index (Phi) is 5.83. The van der Waals surface area contributed by atoms with Gasteiger partial charge in [0.1, 0.15) is 17.6 Å². The Morgan fingerprint density at radius 3 is 2.55 bits per heavy atom. The van der Waals surface area contributed by atoms with Crippen LogP contribution in [0.5, 0.6) is 0 Å². The first-order chi connectivity index (χ1) is 14.8. The minimum absolute atomic E-state index is 0.0522. The maximum atomic E-state index is 13.1. The standard InChI is InChI=1S/C21H22ClN5O3S/c1-14(15-3-8-18(9-4-15)27-13-23-12-24-27)26(2)21(28)16-5-10-19(22)20(11-16)31(29,30)25-17-6-7-17/h3-5,8-14,17,25H,6-7H2,1-2H3/t14-/m1/s1. The van der Waals surface area contributed by atoms with E-state index in [2.05, 4.69) is 14.8 Å². The summed E-state index contributed by atoms with van der Waals surface area (Å²) in [5.74, 6) is -0.299. The Bertz CT molecular complexity index is 1190. The monoisotopic (exact) mass is 459 g/mol. The highest BCUT2D eigenvalue weighted by atomic mass is 35.5. The third kappa shape index (κ3) is 4.63. The van der Waals surface area contributed by atoms with Crippen molar-refractivity contribution in [3.05, 3.63) is 71.3 Å². The van der Waals surface area contributed by atoms with E-state index in [1.807, 2.05) is 31.2 Å². The van der Waals surface area contributed by atoms with Crippen molar-refractivity contribution in [2.24, 2.45) is 0 Å². The second-order valence-corrected chi connectivity index (χ2v) is 9.65. The minimum atomic E-state index is -3.77. The molecule has 162 valence electrons. The van der Waals surface area contributed by atoms with E-state index in [1.54, 1.807) is 23.0 Å². The zero-order valence-corrected chi connectivity index (χ0v) is 18.6. The van der Waals surface area contributed by atoms with Crippen LogP contribution in [-0.2, 0) is 10.0 Å². The van der Waals surface area contributed by atoms with Gasteiger partial charge in [0.25, 0.3) is 5.91 Å². The molecule has 8 nitrogen and oxygen atoms in total. The van der Waals surface area contributed by atoms with Gasteiger partial charge in [-0.05, 0) is 55.7 Å². The Labute approximate surface area is 185 Å². The summed E-state index contributed by atoms with van der Waals surface area (Å²) < 4.78 is 29.4. The predicted molar refractivity (Wildman–Crippen MR) is 117 cm³/mol. The van der Waals surface area contributed by atoms with Crippen molar-refractivity contribution in [2.45, 2.75) is 36.7 Å². The first kappa shape index (κ1) is 21.5. The number of carbonyl (C=O) groups excluding carboxylic acids is 1. The molecular formula is C21H22ClN5O3S. The van der Waals surface area contributed by atoms with Crippen LogP contribution in [0.4, 0.5) is 0 Å². The van der Waals surface area contributed by atoms with Crippen LogP contribution in [0.25, 0.3) is 5.69 Å². The van der Waals surface area contributed by atoms with Crippen molar-refractivity contribution >= 4 is 27.5 Å². The molecule has 2 aromatic carbocycles. The van der Waals surface area contributed by atoms with E-state index in [1.165, 1.54) is 24.5 Å². The maximum absolute atomic E-state index is 13.1. The van der Waals surface area contributed by atoms with Gasteiger partial charge in [-0.1, -0.05) is 23.7 Å². The first-order valence-corrected chi connectivity index (χ1v) is 11.7. The van der Waals surface area contributed by atoms with E-state index in [-0.39, 0.29) is 33.5 Å². The van der Waals surface area contributed by atoms with E-state index in [4.69, 9.17) is 11.6 Å². The zero-order chi connectivity index (χ0) is 22.2. The average Bonchev–Trinajstić information content (AvgIpc) is 3.39. The van der Waals surface area contributed by atoms with Gasteiger partial charge in [0, 0.05) is 18.7 Å². The summed E-state index contributed by atoms with van der Waals surface area (Å²) in [6, 6.07) is 11.7. The molecule has 0 radical (unpaired) electrons. The van der Waals surface area contributed by atoms with Crippen molar-refractivity contribution in [3.8, 4) is 5.69 Å². The van der Waals surface area contributed by atoms with Crippen molar-refractivity contribution in [3.63, 3.8) is 0 Å². The smallest absolute Gasteiger partial charge is 0.254 e. The lowest BCUT2D eigenvalue weighted by atomic mass is 10.1. The molecule has 1 aromatic heterocycles. The van der Waals surface area contributed by atoms with Gasteiger partial charge in [-0.3, -0.25) is 4.79 Å². The number of rotatable bonds is 7. The third-order valence-corrected chi connectivity index (χ3v) is 7.33. The number of sulfonamides is 1. The second kappa shape index (κ2) is 8.41. The number of benzene rings is 2. The number of nitrogens with one attached hydrogen (secondary N) is 1. The topological polar surface area (TPSA) is 97.2 Å². The van der Waals surface area contributed by atoms with Crippen molar-refractivity contribution in [2.75, 3.05) is 7.05 Å². The summed E-state index contributed by atoms with van der Waals surface area (Å²) in [5, 5.41) is 4.18. The SMILES string of the molecule is C[C@H](c1ccc(-n2cncn2)cc1)N(C)C(=O)c1ccc(Cl)c(S(=O)(=O)NC2CC2)c1. The number of hydrogen-bond acceptors (Lipinski definition) is 5. The lowest BCUT2D eigenvalue weighted by Crippen LogP contribution is -2.30. The van der Waals surface area contributed by atoms with E-state index in [0.29, 0.717) is 0 Å². The molecule has 0 bridgehead atoms. The van der Waals surface area contributed by atoms with Gasteiger partial charge in [-0.2, -0.15) is 5.10 Å². The Hall–Kier alpha value is -2.75. The lowest BCUT2D eigenvalue weighted by Gasteiger charge is -2.26. The molecule has 0 saturated heterocycles. The molecule has 1 aliphatic carbocycles. The van der Waals surface area contributed by atoms with Crippen LogP contribution in [0.2, 0.25) is 5.02 Å². The van der Waals surface area contributed by atoms with Crippen LogP contribution < -0.4 is 4.72 Å². The molecule has 0 spiro atoms. The van der Waals surface area contributed by atoms with Gasteiger partial charge in [0.05, 0.1) is 16.8 Å². The third-order valence-electron chi connectivity index (χ3n) is 5.33. The molecule has 4 rings (SSSR count). The number of nitrogens with zero attached hydrogens (tertiary/aromatic N) is 4. The number of halogens is 1. The van der Waals surface area contributed by atoms with Crippen molar-refractivity contribution in [1.82, 2.24) is 24.4 Å². The predicted octanol–water partition coefficient (Wildman–Crippen LogP) is 3.19. The highest BCUT2D eigenvalue weighted by molar-refractivity contribution is 7.89. The van der Waals surface area contributed by atoms with Crippen LogP contribution in [0.1, 0.15) is 41.7 Å². The fraction of sp³-hybridized carbons (Fsp3) is 0.286. The van der Waals surface area contributed by atoms with E-state index in [0.717, 1.165) is 24.1 Å². The highest BCUT2D eigenvalue weighted by Gasteiger charge is 2.30. The van der Waals surface area contributed by atoms with E-state index in [9.17, 15) is 13.2 Å². The van der Waals surface area contributed by atoms with Gasteiger partial charge < -0.3 is 4.90 Å². The Morgan fingerprint density at radius 2 is 1.94 bits per heavy atom. The molecule has 31 heavy (non-hydrogen) atoms. The molecule has 1 saturated carbocycles. The number of hydrogen-bond donors (Lipinski definition) is 1. The summed E-state index contributed by atoms with van der Waals surface area (Å²) in [5.41, 5.74) is 2.05. The Balaban J connectivity index is 1.54. The number of aromatic nitrogens is 3. The fourth-order valence-electron chi connectivity index (χ4n) is 3.18. The van der Waals surface area contributed by atoms with Crippen LogP contribution in [0.3, 0.4) is 0 Å². The Morgan fingerprint density at radius 1 is 1.23 bits per heavy atom. The normalized spacial score (nSPS) is 14.9. The summed E-state index contributed by atoms with van der Waals surface area (Å²) >= 11 is 6.13. The fourth-order valence-corrected chi connectivity index (χ4v) is 5.01. The second-order valence-electron chi connectivity index (χ2n) is 7.56. The van der Waals surface area contributed by atoms with E-state index < -0.39 is 10.0 Å². The largest absolute Gasteiger partial charge is 0.335 e. The lowest BCUT2D eigenvalue weighted by molar-refractivity contribution is 0.0742. The molecule has 1 heterocycles. The zero-order valence-electron chi connectivity index (χ0n) is 17.1. The first-order valence-electron chi connectivity index (χ1n) is 9.80. The van der Waals surface area contributed by atoms with Gasteiger partial charge in [-0.25, -0.2) is 22.8 Å². The highest BCUT2D eigenvalue weighted by Crippen LogP contribution is 2.28. The summed E-state index contributed by atoms with van der Waals surface area (Å²) in [4.78, 5) is 18.5. The molecule has 10 heteroatoms. The molecule has 1 N–H and O–H groups in total. The molecular weight excluding hydrogens is 438 g/mol. The van der Waals surface area contributed by atoms with E-state index >= 15 is 0 Å². The quantitative estimate of drug-likeness (QED) is 0.585. The molecule has 0 aliphatic heterocycles. The molecule has 1 amide bonds. The van der Waals surface area contributed by atoms with Crippen LogP contribution in [0, 0.1) is 0 Å². The molecule has 1 atom stereocenters. The maximum Gasteiger partial charge on any atom is 0.254 e. The van der Waals surface area contributed by atoms with Crippen LogP contribution in [0.15, 0.2) is 60.0 Å². The molecule has 0 unspecified atom stereocenters. The van der Waals surface area contributed by atoms with Crippen molar-refractivity contribution < 1.29 is 13.2 Å². The van der Waals surface area contributed by atoms with Crippen LogP contribution in [-0.4, -0.2) is 47.1 Å². The molecule has 1 fully saturated rings.